The Morgan fingerprint density at radius 2 is 0.567 bits per heavy atom. The van der Waals surface area contributed by atoms with Crippen molar-refractivity contribution >= 4 is 14.5 Å². The molecule has 0 aliphatic heterocycles. The van der Waals surface area contributed by atoms with Crippen LogP contribution < -0.4 is 0 Å². The average Bonchev–Trinajstić information content (AvgIpc) is 2.77. The minimum atomic E-state index is -0.911. The molecular weight excluding hydrogens is 398 g/mol. The lowest BCUT2D eigenvalue weighted by Crippen LogP contribution is -2.07. The SMILES string of the molecule is CCCC[P+](/C=C/C=C/[P+](CCCC)(CCCC)CCCC)(CCCC)CCCC. The van der Waals surface area contributed by atoms with E-state index in [1.165, 1.54) is 114 Å². The first-order chi connectivity index (χ1) is 14.6. The fraction of sp³-hybridized carbons (Fsp3) is 0.857. The van der Waals surface area contributed by atoms with Crippen molar-refractivity contribution < 1.29 is 0 Å². The van der Waals surface area contributed by atoms with E-state index >= 15 is 0 Å². The minimum absolute atomic E-state index is 0.911. The van der Waals surface area contributed by atoms with Crippen molar-refractivity contribution in [1.82, 2.24) is 0 Å². The quantitative estimate of drug-likeness (QED) is 0.119. The summed E-state index contributed by atoms with van der Waals surface area (Å²) in [6.07, 6.45) is 30.7. The molecule has 0 rings (SSSR count). The zero-order chi connectivity index (χ0) is 22.6. The molecular formula is C28H58P2+2. The second-order valence-electron chi connectivity index (χ2n) is 9.58. The van der Waals surface area contributed by atoms with Crippen molar-refractivity contribution in [1.29, 1.82) is 0 Å². The lowest BCUT2D eigenvalue weighted by atomic mass is 10.4. The van der Waals surface area contributed by atoms with E-state index in [-0.39, 0.29) is 0 Å². The number of hydrogen-bond donors (Lipinski definition) is 0. The van der Waals surface area contributed by atoms with Gasteiger partial charge in [0.15, 0.2) is 0 Å². The molecule has 0 heterocycles. The van der Waals surface area contributed by atoms with Crippen LogP contribution in [0, 0.1) is 0 Å². The Morgan fingerprint density at radius 1 is 0.367 bits per heavy atom. The first kappa shape index (κ1) is 30.3. The van der Waals surface area contributed by atoms with Gasteiger partial charge in [-0.25, -0.2) is 0 Å². The highest BCUT2D eigenvalue weighted by Gasteiger charge is 2.34. The second kappa shape index (κ2) is 20.0. The van der Waals surface area contributed by atoms with E-state index in [2.05, 4.69) is 65.3 Å². The highest BCUT2D eigenvalue weighted by atomic mass is 31.2. The van der Waals surface area contributed by atoms with E-state index in [4.69, 9.17) is 0 Å². The molecule has 0 amide bonds. The van der Waals surface area contributed by atoms with Gasteiger partial charge in [-0.2, -0.15) is 0 Å². The Kier molecular flexibility index (Phi) is 20.2. The van der Waals surface area contributed by atoms with Crippen LogP contribution in [0.2, 0.25) is 0 Å². The fourth-order valence-electron chi connectivity index (χ4n) is 4.42. The molecule has 0 aromatic heterocycles. The number of hydrogen-bond acceptors (Lipinski definition) is 0. The molecule has 0 saturated heterocycles. The van der Waals surface area contributed by atoms with Gasteiger partial charge in [-0.05, 0) is 50.7 Å². The summed E-state index contributed by atoms with van der Waals surface area (Å²) in [4.78, 5) is 0. The van der Waals surface area contributed by atoms with Gasteiger partial charge in [0.25, 0.3) is 0 Å². The molecule has 0 N–H and O–H groups in total. The van der Waals surface area contributed by atoms with E-state index in [9.17, 15) is 0 Å². The van der Waals surface area contributed by atoms with Crippen LogP contribution in [0.1, 0.15) is 119 Å². The summed E-state index contributed by atoms with van der Waals surface area (Å²) < 4.78 is 0. The predicted octanol–water partition coefficient (Wildman–Crippen LogP) is 10.8. The van der Waals surface area contributed by atoms with Gasteiger partial charge in [0.1, 0.15) is 0 Å². The summed E-state index contributed by atoms with van der Waals surface area (Å²) in [7, 11) is -1.82. The van der Waals surface area contributed by atoms with Crippen LogP contribution in [0.5, 0.6) is 0 Å². The zero-order valence-electron chi connectivity index (χ0n) is 21.9. The molecule has 0 unspecified atom stereocenters. The lowest BCUT2D eigenvalue weighted by molar-refractivity contribution is 0.840. The molecule has 0 radical (unpaired) electrons. The number of rotatable bonds is 21. The fourth-order valence-corrected chi connectivity index (χ4v) is 13.3. The summed E-state index contributed by atoms with van der Waals surface area (Å²) in [5, 5.41) is 0. The summed E-state index contributed by atoms with van der Waals surface area (Å²) in [5.74, 6) is 5.53. The summed E-state index contributed by atoms with van der Waals surface area (Å²) >= 11 is 0. The molecule has 30 heavy (non-hydrogen) atoms. The number of unbranched alkanes of at least 4 members (excludes halogenated alkanes) is 6. The Balaban J connectivity index is 5.53. The van der Waals surface area contributed by atoms with Gasteiger partial charge in [-0.1, -0.05) is 80.1 Å². The standard InChI is InChI=1S/C28H58P2/c1-7-13-21-29(22-14-8-2,23-15-9-3)27-19-20-28-30(24-16-10-4,25-17-11-5)26-18-12-6/h19-20,27-28H,7-18,21-26H2,1-6H3/q+2/b27-19+,28-20+. The van der Waals surface area contributed by atoms with Crippen molar-refractivity contribution in [2.75, 3.05) is 37.0 Å². The predicted molar refractivity (Wildman–Crippen MR) is 151 cm³/mol. The van der Waals surface area contributed by atoms with E-state index in [0.717, 1.165) is 0 Å². The van der Waals surface area contributed by atoms with E-state index in [0.29, 0.717) is 0 Å². The van der Waals surface area contributed by atoms with Crippen LogP contribution in [-0.2, 0) is 0 Å². The van der Waals surface area contributed by atoms with Gasteiger partial charge < -0.3 is 0 Å². The third-order valence-corrected chi connectivity index (χ3v) is 15.5. The molecule has 0 aromatic rings. The first-order valence-electron chi connectivity index (χ1n) is 13.7. The molecule has 0 aliphatic carbocycles. The van der Waals surface area contributed by atoms with E-state index in [1.54, 1.807) is 0 Å². The maximum absolute atomic E-state index is 2.76. The van der Waals surface area contributed by atoms with Crippen molar-refractivity contribution in [3.63, 3.8) is 0 Å². The highest BCUT2D eigenvalue weighted by molar-refractivity contribution is 7.79. The number of allylic oxidation sites excluding steroid dienone is 2. The van der Waals surface area contributed by atoms with Gasteiger partial charge in [0, 0.05) is 14.5 Å². The van der Waals surface area contributed by atoms with Crippen molar-refractivity contribution in [3.05, 3.63) is 23.8 Å². The summed E-state index contributed by atoms with van der Waals surface area (Å²) in [6, 6.07) is 0. The second-order valence-corrected chi connectivity index (χ2v) is 17.7. The topological polar surface area (TPSA) is 0 Å². The van der Waals surface area contributed by atoms with Gasteiger partial charge in [-0.3, -0.25) is 0 Å². The first-order valence-corrected chi connectivity index (χ1v) is 18.5. The monoisotopic (exact) mass is 456 g/mol. The molecule has 0 saturated carbocycles. The van der Waals surface area contributed by atoms with Gasteiger partial charge in [0.05, 0.1) is 48.6 Å². The van der Waals surface area contributed by atoms with E-state index < -0.39 is 14.5 Å². The molecule has 178 valence electrons. The van der Waals surface area contributed by atoms with Crippen molar-refractivity contribution in [3.8, 4) is 0 Å². The molecule has 0 atom stereocenters. The summed E-state index contributed by atoms with van der Waals surface area (Å²) in [6.45, 7) is 14.2. The van der Waals surface area contributed by atoms with Crippen LogP contribution in [-0.4, -0.2) is 37.0 Å². The van der Waals surface area contributed by atoms with Crippen LogP contribution in [0.15, 0.2) is 23.8 Å². The largest absolute Gasteiger partial charge is 0.0652 e. The normalized spacial score (nSPS) is 13.1. The Bertz CT molecular complexity index is 341. The Hall–Kier alpha value is 0.340. The Labute approximate surface area is 193 Å². The maximum atomic E-state index is 2.76. The zero-order valence-corrected chi connectivity index (χ0v) is 23.7. The van der Waals surface area contributed by atoms with Crippen molar-refractivity contribution in [2.24, 2.45) is 0 Å². The third-order valence-electron chi connectivity index (χ3n) is 6.66. The molecule has 0 bridgehead atoms. The Morgan fingerprint density at radius 3 is 0.733 bits per heavy atom. The van der Waals surface area contributed by atoms with Crippen molar-refractivity contribution in [2.45, 2.75) is 119 Å². The van der Waals surface area contributed by atoms with E-state index in [1.807, 2.05) is 0 Å². The molecule has 2 heteroatoms. The van der Waals surface area contributed by atoms with Gasteiger partial charge >= 0.3 is 0 Å². The molecule has 0 spiro atoms. The van der Waals surface area contributed by atoms with Crippen LogP contribution in [0.3, 0.4) is 0 Å². The highest BCUT2D eigenvalue weighted by Crippen LogP contribution is 2.64. The van der Waals surface area contributed by atoms with Gasteiger partial charge in [0.2, 0.25) is 0 Å². The molecule has 0 aliphatic rings. The van der Waals surface area contributed by atoms with Crippen LogP contribution in [0.4, 0.5) is 0 Å². The van der Waals surface area contributed by atoms with Gasteiger partial charge in [-0.15, -0.1) is 0 Å². The van der Waals surface area contributed by atoms with Crippen LogP contribution >= 0.6 is 14.5 Å². The summed E-state index contributed by atoms with van der Waals surface area (Å²) in [5.41, 5.74) is 0. The third kappa shape index (κ3) is 13.7. The molecule has 0 aromatic carbocycles. The average molecular weight is 457 g/mol. The van der Waals surface area contributed by atoms with Crippen LogP contribution in [0.25, 0.3) is 0 Å². The molecule has 0 fully saturated rings. The smallest absolute Gasteiger partial charge is 0.0635 e. The minimum Gasteiger partial charge on any atom is -0.0652 e. The maximum Gasteiger partial charge on any atom is 0.0635 e. The molecule has 0 nitrogen and oxygen atoms in total. The lowest BCUT2D eigenvalue weighted by Gasteiger charge is -2.25.